The molecule has 0 bridgehead atoms. The van der Waals surface area contributed by atoms with Gasteiger partial charge < -0.3 is 16.4 Å². The third kappa shape index (κ3) is 4.65. The van der Waals surface area contributed by atoms with Gasteiger partial charge in [-0.05, 0) is 48.7 Å². The number of hydrogen-bond acceptors (Lipinski definition) is 3. The van der Waals surface area contributed by atoms with Crippen molar-refractivity contribution < 1.29 is 0 Å². The maximum atomic E-state index is 6.08. The molecule has 0 unspecified atom stereocenters. The first-order valence-electron chi connectivity index (χ1n) is 8.66. The molecule has 0 spiro atoms. The van der Waals surface area contributed by atoms with E-state index in [0.29, 0.717) is 0 Å². The van der Waals surface area contributed by atoms with Crippen LogP contribution < -0.4 is 16.4 Å². The summed E-state index contributed by atoms with van der Waals surface area (Å²) in [6.07, 6.45) is 4.91. The summed E-state index contributed by atoms with van der Waals surface area (Å²) in [6, 6.07) is 14.3. The fourth-order valence-electron chi connectivity index (χ4n) is 2.74. The van der Waals surface area contributed by atoms with Crippen molar-refractivity contribution in [3.63, 3.8) is 0 Å². The van der Waals surface area contributed by atoms with E-state index in [4.69, 9.17) is 11.5 Å². The molecular weight excluding hydrogens is 282 g/mol. The average Bonchev–Trinajstić information content (AvgIpc) is 2.57. The Bertz CT molecular complexity index is 597. The highest BCUT2D eigenvalue weighted by Gasteiger charge is 2.08. The number of benzene rings is 2. The SMILES string of the molecule is CCCCN(CCCC)c1ccc(-c2cc(N)ccc2N)cc1. The zero-order chi connectivity index (χ0) is 16.7. The molecule has 2 rings (SSSR count). The van der Waals surface area contributed by atoms with Crippen molar-refractivity contribution >= 4 is 17.1 Å². The van der Waals surface area contributed by atoms with Gasteiger partial charge in [-0.15, -0.1) is 0 Å². The molecule has 0 fully saturated rings. The molecule has 0 saturated carbocycles. The highest BCUT2D eigenvalue weighted by Crippen LogP contribution is 2.29. The van der Waals surface area contributed by atoms with Crippen LogP contribution in [-0.4, -0.2) is 13.1 Å². The number of rotatable bonds is 8. The van der Waals surface area contributed by atoms with Crippen LogP contribution in [0, 0.1) is 0 Å². The van der Waals surface area contributed by atoms with Crippen LogP contribution in [0.2, 0.25) is 0 Å². The van der Waals surface area contributed by atoms with Gasteiger partial charge >= 0.3 is 0 Å². The van der Waals surface area contributed by atoms with Gasteiger partial charge in [0.05, 0.1) is 0 Å². The summed E-state index contributed by atoms with van der Waals surface area (Å²) < 4.78 is 0. The van der Waals surface area contributed by atoms with Crippen LogP contribution in [0.5, 0.6) is 0 Å². The van der Waals surface area contributed by atoms with Crippen LogP contribution in [0.1, 0.15) is 39.5 Å². The van der Waals surface area contributed by atoms with Gasteiger partial charge in [-0.2, -0.15) is 0 Å². The van der Waals surface area contributed by atoms with Crippen LogP contribution in [0.15, 0.2) is 42.5 Å². The van der Waals surface area contributed by atoms with Gasteiger partial charge in [-0.25, -0.2) is 0 Å². The number of nitrogens with two attached hydrogens (primary N) is 2. The second kappa shape index (κ2) is 8.47. The minimum Gasteiger partial charge on any atom is -0.399 e. The zero-order valence-corrected chi connectivity index (χ0v) is 14.4. The molecular formula is C20H29N3. The predicted octanol–water partition coefficient (Wildman–Crippen LogP) is 4.92. The summed E-state index contributed by atoms with van der Waals surface area (Å²) in [5.74, 6) is 0. The topological polar surface area (TPSA) is 55.3 Å². The monoisotopic (exact) mass is 311 g/mol. The summed E-state index contributed by atoms with van der Waals surface area (Å²) in [6.45, 7) is 6.72. The summed E-state index contributed by atoms with van der Waals surface area (Å²) in [4.78, 5) is 2.49. The lowest BCUT2D eigenvalue weighted by Crippen LogP contribution is -2.25. The Kier molecular flexibility index (Phi) is 6.33. The maximum Gasteiger partial charge on any atom is 0.0395 e. The quantitative estimate of drug-likeness (QED) is 0.680. The van der Waals surface area contributed by atoms with Gasteiger partial charge in [0.1, 0.15) is 0 Å². The molecule has 2 aromatic rings. The molecule has 0 aromatic heterocycles. The van der Waals surface area contributed by atoms with Gasteiger partial charge in [0, 0.05) is 35.7 Å². The minimum absolute atomic E-state index is 0.741. The number of nitrogens with zero attached hydrogens (tertiary/aromatic N) is 1. The van der Waals surface area contributed by atoms with Crippen LogP contribution in [-0.2, 0) is 0 Å². The summed E-state index contributed by atoms with van der Waals surface area (Å²) in [7, 11) is 0. The Morgan fingerprint density at radius 3 is 2.00 bits per heavy atom. The molecule has 0 atom stereocenters. The van der Waals surface area contributed by atoms with E-state index in [1.54, 1.807) is 0 Å². The highest BCUT2D eigenvalue weighted by atomic mass is 15.1. The van der Waals surface area contributed by atoms with Crippen molar-refractivity contribution in [2.75, 3.05) is 29.5 Å². The van der Waals surface area contributed by atoms with E-state index in [1.807, 2.05) is 18.2 Å². The van der Waals surface area contributed by atoms with Crippen molar-refractivity contribution in [2.24, 2.45) is 0 Å². The van der Waals surface area contributed by atoms with E-state index in [0.717, 1.165) is 35.6 Å². The van der Waals surface area contributed by atoms with Crippen molar-refractivity contribution in [3.8, 4) is 11.1 Å². The largest absolute Gasteiger partial charge is 0.399 e. The Morgan fingerprint density at radius 1 is 0.826 bits per heavy atom. The molecule has 0 heterocycles. The minimum atomic E-state index is 0.741. The molecule has 0 aliphatic carbocycles. The van der Waals surface area contributed by atoms with Crippen LogP contribution >= 0.6 is 0 Å². The highest BCUT2D eigenvalue weighted by molar-refractivity contribution is 5.80. The second-order valence-electron chi connectivity index (χ2n) is 6.09. The first kappa shape index (κ1) is 17.2. The molecule has 0 aliphatic heterocycles. The fraction of sp³-hybridized carbons (Fsp3) is 0.400. The third-order valence-electron chi connectivity index (χ3n) is 4.18. The number of nitrogen functional groups attached to an aromatic ring is 2. The molecule has 23 heavy (non-hydrogen) atoms. The normalized spacial score (nSPS) is 10.7. The fourth-order valence-corrected chi connectivity index (χ4v) is 2.74. The lowest BCUT2D eigenvalue weighted by atomic mass is 10.0. The summed E-state index contributed by atoms with van der Waals surface area (Å²) in [5.41, 5.74) is 16.9. The molecule has 3 heteroatoms. The van der Waals surface area contributed by atoms with Gasteiger partial charge in [-0.1, -0.05) is 38.8 Å². The van der Waals surface area contributed by atoms with Crippen molar-refractivity contribution in [1.29, 1.82) is 0 Å². The van der Waals surface area contributed by atoms with E-state index >= 15 is 0 Å². The Morgan fingerprint density at radius 2 is 1.43 bits per heavy atom. The van der Waals surface area contributed by atoms with E-state index in [-0.39, 0.29) is 0 Å². The molecule has 4 N–H and O–H groups in total. The van der Waals surface area contributed by atoms with E-state index in [2.05, 4.69) is 43.0 Å². The Balaban J connectivity index is 2.20. The molecule has 124 valence electrons. The van der Waals surface area contributed by atoms with Crippen molar-refractivity contribution in [3.05, 3.63) is 42.5 Å². The number of unbranched alkanes of at least 4 members (excludes halogenated alkanes) is 2. The molecule has 3 nitrogen and oxygen atoms in total. The third-order valence-corrected chi connectivity index (χ3v) is 4.18. The Labute approximate surface area is 140 Å². The number of anilines is 3. The standard InChI is InChI=1S/C20H29N3/c1-3-5-13-23(14-6-4-2)18-10-7-16(8-11-18)19-15-17(21)9-12-20(19)22/h7-12,15H,3-6,13-14,21-22H2,1-2H3. The molecule has 0 saturated heterocycles. The zero-order valence-electron chi connectivity index (χ0n) is 14.4. The predicted molar refractivity (Wildman–Crippen MR) is 103 cm³/mol. The number of hydrogen-bond donors (Lipinski definition) is 2. The lowest BCUT2D eigenvalue weighted by molar-refractivity contribution is 0.678. The molecule has 0 aliphatic rings. The molecule has 0 amide bonds. The Hall–Kier alpha value is -2.16. The summed E-state index contributed by atoms with van der Waals surface area (Å²) in [5, 5.41) is 0. The van der Waals surface area contributed by atoms with Gasteiger partial charge in [0.15, 0.2) is 0 Å². The van der Waals surface area contributed by atoms with Crippen LogP contribution in [0.4, 0.5) is 17.1 Å². The summed E-state index contributed by atoms with van der Waals surface area (Å²) >= 11 is 0. The van der Waals surface area contributed by atoms with E-state index in [1.165, 1.54) is 31.4 Å². The average molecular weight is 311 g/mol. The molecule has 0 radical (unpaired) electrons. The van der Waals surface area contributed by atoms with Crippen molar-refractivity contribution in [2.45, 2.75) is 39.5 Å². The van der Waals surface area contributed by atoms with Crippen molar-refractivity contribution in [1.82, 2.24) is 0 Å². The second-order valence-corrected chi connectivity index (χ2v) is 6.09. The first-order chi connectivity index (χ1) is 11.2. The van der Waals surface area contributed by atoms with Gasteiger partial charge in [-0.3, -0.25) is 0 Å². The van der Waals surface area contributed by atoms with E-state index < -0.39 is 0 Å². The first-order valence-corrected chi connectivity index (χ1v) is 8.66. The molecule has 2 aromatic carbocycles. The lowest BCUT2D eigenvalue weighted by Gasteiger charge is -2.25. The van der Waals surface area contributed by atoms with Crippen LogP contribution in [0.25, 0.3) is 11.1 Å². The maximum absolute atomic E-state index is 6.08. The van der Waals surface area contributed by atoms with Gasteiger partial charge in [0.25, 0.3) is 0 Å². The smallest absolute Gasteiger partial charge is 0.0395 e. The van der Waals surface area contributed by atoms with E-state index in [9.17, 15) is 0 Å². The van der Waals surface area contributed by atoms with Crippen LogP contribution in [0.3, 0.4) is 0 Å². The van der Waals surface area contributed by atoms with Gasteiger partial charge in [0.2, 0.25) is 0 Å².